The summed E-state index contributed by atoms with van der Waals surface area (Å²) in [5, 5.41) is 0. The van der Waals surface area contributed by atoms with E-state index in [1.165, 1.54) is 0 Å². The van der Waals surface area contributed by atoms with Gasteiger partial charge in [-0.15, -0.1) is 0 Å². The SMILES string of the molecule is NOCCC1(N)CC1. The van der Waals surface area contributed by atoms with Crippen LogP contribution in [0.15, 0.2) is 0 Å². The van der Waals surface area contributed by atoms with Crippen molar-refractivity contribution < 1.29 is 4.84 Å². The first-order chi connectivity index (χ1) is 3.77. The van der Waals surface area contributed by atoms with Gasteiger partial charge in [0, 0.05) is 5.54 Å². The average Bonchev–Trinajstić information content (AvgIpc) is 2.45. The first-order valence-electron chi connectivity index (χ1n) is 2.87. The molecule has 3 nitrogen and oxygen atoms in total. The molecule has 1 aliphatic carbocycles. The zero-order chi connectivity index (χ0) is 6.04. The van der Waals surface area contributed by atoms with E-state index in [0.717, 1.165) is 19.3 Å². The molecule has 48 valence electrons. The quantitative estimate of drug-likeness (QED) is 0.500. The Hall–Kier alpha value is -0.120. The highest BCUT2D eigenvalue weighted by Crippen LogP contribution is 2.35. The van der Waals surface area contributed by atoms with Crippen molar-refractivity contribution in [2.45, 2.75) is 24.8 Å². The van der Waals surface area contributed by atoms with Gasteiger partial charge in [-0.1, -0.05) is 0 Å². The fourth-order valence-electron chi connectivity index (χ4n) is 0.673. The van der Waals surface area contributed by atoms with E-state index >= 15 is 0 Å². The van der Waals surface area contributed by atoms with Gasteiger partial charge in [-0.05, 0) is 19.3 Å². The molecule has 0 radical (unpaired) electrons. The molecule has 1 rings (SSSR count). The molecule has 0 atom stereocenters. The fraction of sp³-hybridized carbons (Fsp3) is 1.00. The molecule has 0 spiro atoms. The summed E-state index contributed by atoms with van der Waals surface area (Å²) in [6, 6.07) is 0. The molecule has 0 aromatic heterocycles. The molecule has 3 heteroatoms. The Balaban J connectivity index is 2.01. The van der Waals surface area contributed by atoms with E-state index in [2.05, 4.69) is 4.84 Å². The minimum atomic E-state index is 0.0966. The van der Waals surface area contributed by atoms with Crippen molar-refractivity contribution in [2.24, 2.45) is 11.6 Å². The molecule has 1 saturated carbocycles. The molecule has 0 heterocycles. The second-order valence-corrected chi connectivity index (χ2v) is 2.48. The van der Waals surface area contributed by atoms with Crippen LogP contribution in [0.3, 0.4) is 0 Å². The first-order valence-corrected chi connectivity index (χ1v) is 2.87. The predicted octanol–water partition coefficient (Wildman–Crippen LogP) is -0.242. The van der Waals surface area contributed by atoms with E-state index < -0.39 is 0 Å². The molecule has 0 bridgehead atoms. The van der Waals surface area contributed by atoms with Gasteiger partial charge in [0.15, 0.2) is 0 Å². The summed E-state index contributed by atoms with van der Waals surface area (Å²) in [5.74, 6) is 4.81. The summed E-state index contributed by atoms with van der Waals surface area (Å²) in [6.45, 7) is 0.594. The Morgan fingerprint density at radius 2 is 2.12 bits per heavy atom. The van der Waals surface area contributed by atoms with Crippen molar-refractivity contribution in [1.82, 2.24) is 0 Å². The molecule has 0 aromatic carbocycles. The summed E-state index contributed by atoms with van der Waals surface area (Å²) in [7, 11) is 0. The lowest BCUT2D eigenvalue weighted by Gasteiger charge is -2.04. The molecule has 4 N–H and O–H groups in total. The van der Waals surface area contributed by atoms with Gasteiger partial charge in [0.2, 0.25) is 0 Å². The Bertz CT molecular complexity index is 80.5. The van der Waals surface area contributed by atoms with Gasteiger partial charge in [-0.25, -0.2) is 5.90 Å². The van der Waals surface area contributed by atoms with E-state index in [0.29, 0.717) is 6.61 Å². The number of hydrogen-bond acceptors (Lipinski definition) is 3. The van der Waals surface area contributed by atoms with Gasteiger partial charge in [0.1, 0.15) is 0 Å². The number of hydrogen-bond donors (Lipinski definition) is 2. The maximum atomic E-state index is 5.70. The van der Waals surface area contributed by atoms with Crippen molar-refractivity contribution in [1.29, 1.82) is 0 Å². The van der Waals surface area contributed by atoms with Crippen LogP contribution in [0, 0.1) is 0 Å². The zero-order valence-corrected chi connectivity index (χ0v) is 4.89. The largest absolute Gasteiger partial charge is 0.325 e. The summed E-state index contributed by atoms with van der Waals surface area (Å²) < 4.78 is 0. The maximum Gasteiger partial charge on any atom is 0.0696 e. The van der Waals surface area contributed by atoms with Gasteiger partial charge in [0.05, 0.1) is 6.61 Å². The Labute approximate surface area is 48.9 Å². The summed E-state index contributed by atoms with van der Waals surface area (Å²) >= 11 is 0. The lowest BCUT2D eigenvalue weighted by Crippen LogP contribution is -2.24. The third-order valence-electron chi connectivity index (χ3n) is 1.61. The van der Waals surface area contributed by atoms with Crippen LogP contribution in [0.1, 0.15) is 19.3 Å². The molecular formula is C5H12N2O. The highest BCUT2D eigenvalue weighted by atomic mass is 16.6. The standard InChI is InChI=1S/C5H12N2O/c6-5(1-2-5)3-4-8-7/h1-4,6-7H2. The van der Waals surface area contributed by atoms with E-state index in [1.54, 1.807) is 0 Å². The molecular weight excluding hydrogens is 104 g/mol. The van der Waals surface area contributed by atoms with Crippen LogP contribution >= 0.6 is 0 Å². The monoisotopic (exact) mass is 116 g/mol. The molecule has 0 aromatic rings. The Kier molecular flexibility index (Phi) is 1.51. The van der Waals surface area contributed by atoms with Crippen molar-refractivity contribution >= 4 is 0 Å². The number of rotatable bonds is 3. The fourth-order valence-corrected chi connectivity index (χ4v) is 0.673. The Morgan fingerprint density at radius 1 is 1.50 bits per heavy atom. The van der Waals surface area contributed by atoms with Crippen LogP contribution in [0.2, 0.25) is 0 Å². The van der Waals surface area contributed by atoms with Crippen LogP contribution in [0.4, 0.5) is 0 Å². The third-order valence-corrected chi connectivity index (χ3v) is 1.61. The zero-order valence-electron chi connectivity index (χ0n) is 4.89. The molecule has 0 aliphatic heterocycles. The van der Waals surface area contributed by atoms with Crippen LogP contribution < -0.4 is 11.6 Å². The normalized spacial score (nSPS) is 23.2. The second kappa shape index (κ2) is 2.01. The molecule has 8 heavy (non-hydrogen) atoms. The van der Waals surface area contributed by atoms with Crippen molar-refractivity contribution in [3.8, 4) is 0 Å². The average molecular weight is 116 g/mol. The highest BCUT2D eigenvalue weighted by molar-refractivity contribution is 4.97. The molecule has 0 saturated heterocycles. The molecule has 1 fully saturated rings. The van der Waals surface area contributed by atoms with Crippen molar-refractivity contribution in [2.75, 3.05) is 6.61 Å². The molecule has 0 amide bonds. The lowest BCUT2D eigenvalue weighted by molar-refractivity contribution is 0.128. The number of nitrogens with two attached hydrogens (primary N) is 2. The van der Waals surface area contributed by atoms with Gasteiger partial charge in [-0.3, -0.25) is 0 Å². The second-order valence-electron chi connectivity index (χ2n) is 2.48. The summed E-state index contributed by atoms with van der Waals surface area (Å²) in [5.41, 5.74) is 5.79. The lowest BCUT2D eigenvalue weighted by atomic mass is 10.2. The first kappa shape index (κ1) is 6.01. The highest BCUT2D eigenvalue weighted by Gasteiger charge is 2.37. The molecule has 1 aliphatic rings. The third kappa shape index (κ3) is 1.43. The van der Waals surface area contributed by atoms with Gasteiger partial charge in [-0.2, -0.15) is 0 Å². The minimum Gasteiger partial charge on any atom is -0.325 e. The smallest absolute Gasteiger partial charge is 0.0696 e. The van der Waals surface area contributed by atoms with Crippen LogP contribution in [0.5, 0.6) is 0 Å². The van der Waals surface area contributed by atoms with Crippen molar-refractivity contribution in [3.05, 3.63) is 0 Å². The maximum absolute atomic E-state index is 5.70. The van der Waals surface area contributed by atoms with Crippen LogP contribution in [0.25, 0.3) is 0 Å². The summed E-state index contributed by atoms with van der Waals surface area (Å²) in [4.78, 5) is 4.38. The topological polar surface area (TPSA) is 61.3 Å². The van der Waals surface area contributed by atoms with E-state index in [1.807, 2.05) is 0 Å². The predicted molar refractivity (Wildman–Crippen MR) is 30.9 cm³/mol. The van der Waals surface area contributed by atoms with Gasteiger partial charge in [0.25, 0.3) is 0 Å². The summed E-state index contributed by atoms with van der Waals surface area (Å²) in [6.07, 6.45) is 3.18. The van der Waals surface area contributed by atoms with Gasteiger partial charge >= 0.3 is 0 Å². The van der Waals surface area contributed by atoms with Crippen LogP contribution in [-0.2, 0) is 4.84 Å². The van der Waals surface area contributed by atoms with Crippen molar-refractivity contribution in [3.63, 3.8) is 0 Å². The Morgan fingerprint density at radius 3 is 2.50 bits per heavy atom. The molecule has 0 unspecified atom stereocenters. The van der Waals surface area contributed by atoms with E-state index in [-0.39, 0.29) is 5.54 Å². The van der Waals surface area contributed by atoms with E-state index in [4.69, 9.17) is 11.6 Å². The van der Waals surface area contributed by atoms with Gasteiger partial charge < -0.3 is 10.6 Å². The van der Waals surface area contributed by atoms with E-state index in [9.17, 15) is 0 Å². The van der Waals surface area contributed by atoms with Crippen LogP contribution in [-0.4, -0.2) is 12.1 Å². The minimum absolute atomic E-state index is 0.0966.